The first-order chi connectivity index (χ1) is 14.7. The van der Waals surface area contributed by atoms with Gasteiger partial charge in [0, 0.05) is 16.3 Å². The summed E-state index contributed by atoms with van der Waals surface area (Å²) >= 11 is 1.30. The molecule has 4 rings (SSSR count). The highest BCUT2D eigenvalue weighted by molar-refractivity contribution is 7.99. The Bertz CT molecular complexity index is 1100. The summed E-state index contributed by atoms with van der Waals surface area (Å²) < 4.78 is 5.52. The van der Waals surface area contributed by atoms with E-state index in [2.05, 4.69) is 21.3 Å². The molecule has 0 bridgehead atoms. The van der Waals surface area contributed by atoms with Crippen LogP contribution in [0.5, 0.6) is 5.75 Å². The van der Waals surface area contributed by atoms with Crippen molar-refractivity contribution in [2.75, 3.05) is 16.4 Å². The standard InChI is InChI=1S/C21H20N4O5S/c1-11-17(26)23-14-9-12(7-8-15(14)30-11)22-18(27)13-5-3-4-6-16(13)31-10-21(2)19(28)24-20(29)25-21/h3-9,11H,10H2,1-2H3,(H,22,27)(H,23,26)(H2,24,25,28,29). The lowest BCUT2D eigenvalue weighted by molar-refractivity contribution is -0.123. The highest BCUT2D eigenvalue weighted by Gasteiger charge is 2.42. The third kappa shape index (κ3) is 4.19. The number of nitrogens with one attached hydrogen (secondary N) is 4. The van der Waals surface area contributed by atoms with E-state index in [1.807, 2.05) is 0 Å². The molecule has 4 N–H and O–H groups in total. The van der Waals surface area contributed by atoms with Gasteiger partial charge in [-0.05, 0) is 44.2 Å². The molecule has 0 aromatic heterocycles. The summed E-state index contributed by atoms with van der Waals surface area (Å²) in [7, 11) is 0. The molecule has 2 aliphatic heterocycles. The lowest BCUT2D eigenvalue weighted by Gasteiger charge is -2.23. The Morgan fingerprint density at radius 1 is 1.16 bits per heavy atom. The maximum absolute atomic E-state index is 12.9. The minimum Gasteiger partial charge on any atom is -0.479 e. The molecule has 5 amide bonds. The van der Waals surface area contributed by atoms with Gasteiger partial charge in [0.25, 0.3) is 17.7 Å². The Kier molecular flexibility index (Phi) is 5.32. The molecule has 31 heavy (non-hydrogen) atoms. The third-order valence-corrected chi connectivity index (χ3v) is 6.32. The summed E-state index contributed by atoms with van der Waals surface area (Å²) in [5.41, 5.74) is 0.349. The van der Waals surface area contributed by atoms with Gasteiger partial charge in [-0.25, -0.2) is 4.79 Å². The van der Waals surface area contributed by atoms with Gasteiger partial charge in [-0.1, -0.05) is 12.1 Å². The van der Waals surface area contributed by atoms with E-state index >= 15 is 0 Å². The second-order valence-electron chi connectivity index (χ2n) is 7.44. The molecule has 9 nitrogen and oxygen atoms in total. The van der Waals surface area contributed by atoms with Crippen molar-refractivity contribution < 1.29 is 23.9 Å². The number of fused-ring (bicyclic) bond motifs is 1. The number of imide groups is 1. The fraction of sp³-hybridized carbons (Fsp3) is 0.238. The van der Waals surface area contributed by atoms with Crippen molar-refractivity contribution in [3.05, 3.63) is 48.0 Å². The first kappa shape index (κ1) is 20.7. The predicted octanol–water partition coefficient (Wildman–Crippen LogP) is 2.35. The van der Waals surface area contributed by atoms with Crippen LogP contribution >= 0.6 is 11.8 Å². The fourth-order valence-electron chi connectivity index (χ4n) is 3.17. The smallest absolute Gasteiger partial charge is 0.322 e. The Morgan fingerprint density at radius 3 is 2.68 bits per heavy atom. The highest BCUT2D eigenvalue weighted by atomic mass is 32.2. The van der Waals surface area contributed by atoms with Gasteiger partial charge in [0.05, 0.1) is 11.3 Å². The van der Waals surface area contributed by atoms with Gasteiger partial charge in [0.2, 0.25) is 0 Å². The maximum atomic E-state index is 12.9. The first-order valence-electron chi connectivity index (χ1n) is 9.53. The molecule has 1 saturated heterocycles. The Balaban J connectivity index is 1.49. The lowest BCUT2D eigenvalue weighted by atomic mass is 10.1. The summed E-state index contributed by atoms with van der Waals surface area (Å²) in [5.74, 6) is -0.209. The number of hydrogen-bond donors (Lipinski definition) is 4. The topological polar surface area (TPSA) is 126 Å². The van der Waals surface area contributed by atoms with Crippen molar-refractivity contribution in [3.63, 3.8) is 0 Å². The zero-order valence-electron chi connectivity index (χ0n) is 16.8. The van der Waals surface area contributed by atoms with Crippen LogP contribution in [-0.4, -0.2) is 41.1 Å². The molecular formula is C21H20N4O5S. The van der Waals surface area contributed by atoms with Crippen LogP contribution in [0.2, 0.25) is 0 Å². The van der Waals surface area contributed by atoms with Crippen LogP contribution < -0.4 is 26.0 Å². The number of benzene rings is 2. The van der Waals surface area contributed by atoms with Crippen LogP contribution in [0.1, 0.15) is 24.2 Å². The number of carbonyl (C=O) groups excluding carboxylic acids is 4. The Morgan fingerprint density at radius 2 is 1.94 bits per heavy atom. The molecule has 0 spiro atoms. The van der Waals surface area contributed by atoms with E-state index in [1.165, 1.54) is 11.8 Å². The van der Waals surface area contributed by atoms with E-state index in [4.69, 9.17) is 4.74 Å². The fourth-order valence-corrected chi connectivity index (χ4v) is 4.31. The van der Waals surface area contributed by atoms with Gasteiger partial charge < -0.3 is 20.7 Å². The van der Waals surface area contributed by atoms with Gasteiger partial charge in [0.1, 0.15) is 11.3 Å². The van der Waals surface area contributed by atoms with Gasteiger partial charge in [-0.2, -0.15) is 0 Å². The van der Waals surface area contributed by atoms with Gasteiger partial charge in [-0.3, -0.25) is 19.7 Å². The summed E-state index contributed by atoms with van der Waals surface area (Å²) in [6.07, 6.45) is -0.578. The SMILES string of the molecule is CC1Oc2ccc(NC(=O)c3ccccc3SCC3(C)NC(=O)NC3=O)cc2NC1=O. The van der Waals surface area contributed by atoms with Gasteiger partial charge in [-0.15, -0.1) is 11.8 Å². The molecule has 2 aromatic rings. The molecule has 2 aromatic carbocycles. The van der Waals surface area contributed by atoms with Crippen molar-refractivity contribution >= 4 is 46.9 Å². The third-order valence-electron chi connectivity index (χ3n) is 4.93. The molecule has 2 aliphatic rings. The van der Waals surface area contributed by atoms with E-state index in [-0.39, 0.29) is 17.6 Å². The average molecular weight is 440 g/mol. The van der Waals surface area contributed by atoms with E-state index in [1.54, 1.807) is 56.3 Å². The van der Waals surface area contributed by atoms with E-state index in [9.17, 15) is 19.2 Å². The summed E-state index contributed by atoms with van der Waals surface area (Å²) in [4.78, 5) is 48.9. The van der Waals surface area contributed by atoms with Crippen molar-refractivity contribution in [3.8, 4) is 5.75 Å². The lowest BCUT2D eigenvalue weighted by Crippen LogP contribution is -2.46. The largest absolute Gasteiger partial charge is 0.479 e. The number of thioether (sulfide) groups is 1. The summed E-state index contributed by atoms with van der Waals surface area (Å²) in [6, 6.07) is 11.5. The van der Waals surface area contributed by atoms with Gasteiger partial charge >= 0.3 is 6.03 Å². The molecular weight excluding hydrogens is 420 g/mol. The average Bonchev–Trinajstić information content (AvgIpc) is 2.99. The van der Waals surface area contributed by atoms with Gasteiger partial charge in [0.15, 0.2) is 6.10 Å². The van der Waals surface area contributed by atoms with Crippen LogP contribution in [0.3, 0.4) is 0 Å². The summed E-state index contributed by atoms with van der Waals surface area (Å²) in [6.45, 7) is 3.29. The number of amides is 5. The molecule has 160 valence electrons. The van der Waals surface area contributed by atoms with Crippen molar-refractivity contribution in [1.82, 2.24) is 10.6 Å². The van der Waals surface area contributed by atoms with E-state index < -0.39 is 23.6 Å². The zero-order chi connectivity index (χ0) is 22.2. The van der Waals surface area contributed by atoms with E-state index in [0.29, 0.717) is 27.6 Å². The second-order valence-corrected chi connectivity index (χ2v) is 8.46. The monoisotopic (exact) mass is 440 g/mol. The normalized spacial score (nSPS) is 22.0. The maximum Gasteiger partial charge on any atom is 0.322 e. The minimum absolute atomic E-state index is 0.255. The van der Waals surface area contributed by atoms with Crippen molar-refractivity contribution in [2.24, 2.45) is 0 Å². The number of carbonyl (C=O) groups is 4. The number of ether oxygens (including phenoxy) is 1. The quantitative estimate of drug-likeness (QED) is 0.418. The minimum atomic E-state index is -1.06. The Hall–Kier alpha value is -3.53. The molecule has 10 heteroatoms. The Labute approximate surface area is 182 Å². The van der Waals surface area contributed by atoms with Crippen LogP contribution in [-0.2, 0) is 9.59 Å². The highest BCUT2D eigenvalue weighted by Crippen LogP contribution is 2.33. The molecule has 2 unspecified atom stereocenters. The molecule has 1 fully saturated rings. The van der Waals surface area contributed by atoms with Crippen LogP contribution in [0.15, 0.2) is 47.4 Å². The molecule has 2 heterocycles. The molecule has 0 aliphatic carbocycles. The predicted molar refractivity (Wildman–Crippen MR) is 115 cm³/mol. The second kappa shape index (κ2) is 7.95. The van der Waals surface area contributed by atoms with Crippen molar-refractivity contribution in [2.45, 2.75) is 30.4 Å². The van der Waals surface area contributed by atoms with Crippen LogP contribution in [0, 0.1) is 0 Å². The first-order valence-corrected chi connectivity index (χ1v) is 10.5. The summed E-state index contributed by atoms with van der Waals surface area (Å²) in [5, 5.41) is 10.4. The molecule has 0 radical (unpaired) electrons. The van der Waals surface area contributed by atoms with Crippen LogP contribution in [0.25, 0.3) is 0 Å². The number of rotatable bonds is 5. The number of urea groups is 1. The number of anilines is 2. The zero-order valence-corrected chi connectivity index (χ0v) is 17.6. The van der Waals surface area contributed by atoms with Crippen molar-refractivity contribution in [1.29, 1.82) is 0 Å². The molecule has 2 atom stereocenters. The number of hydrogen-bond acceptors (Lipinski definition) is 6. The van der Waals surface area contributed by atoms with Crippen LogP contribution in [0.4, 0.5) is 16.2 Å². The van der Waals surface area contributed by atoms with E-state index in [0.717, 1.165) is 0 Å². The molecule has 0 saturated carbocycles.